The van der Waals surface area contributed by atoms with E-state index in [0.29, 0.717) is 11.4 Å². The lowest BCUT2D eigenvalue weighted by Crippen LogP contribution is -2.25. The van der Waals surface area contributed by atoms with Crippen LogP contribution in [0.1, 0.15) is 12.5 Å². The Balaban J connectivity index is 0.00000289. The van der Waals surface area contributed by atoms with Crippen molar-refractivity contribution in [2.75, 3.05) is 24.2 Å². The number of hydrogen-bond donors (Lipinski definition) is 3. The van der Waals surface area contributed by atoms with E-state index in [0.717, 1.165) is 5.56 Å². The van der Waals surface area contributed by atoms with Gasteiger partial charge < -0.3 is 16.0 Å². The second-order valence-electron chi connectivity index (χ2n) is 3.79. The van der Waals surface area contributed by atoms with Gasteiger partial charge in [-0.1, -0.05) is 6.07 Å². The number of likely N-dealkylation sites (N-methyl/N-ethyl adjacent to an activating group) is 1. The Morgan fingerprint density at radius 1 is 1.22 bits per heavy atom. The van der Waals surface area contributed by atoms with Crippen LogP contribution in [0.25, 0.3) is 0 Å². The Kier molecular flexibility index (Phi) is 7.00. The average Bonchev–Trinajstić information content (AvgIpc) is 2.22. The third kappa shape index (κ3) is 5.16. The lowest BCUT2D eigenvalue weighted by atomic mass is 10.1. The summed E-state index contributed by atoms with van der Waals surface area (Å²) < 4.78 is 0. The zero-order valence-electron chi connectivity index (χ0n) is 10.7. The molecule has 0 bridgehead atoms. The van der Waals surface area contributed by atoms with Gasteiger partial charge in [-0.05, 0) is 31.7 Å². The Hall–Kier alpha value is -1.59. The van der Waals surface area contributed by atoms with Crippen LogP contribution in [-0.4, -0.2) is 25.4 Å². The molecular weight excluding hydrogens is 254 g/mol. The quantitative estimate of drug-likeness (QED) is 0.778. The highest BCUT2D eigenvalue weighted by Gasteiger charge is 2.04. The molecule has 6 heteroatoms. The van der Waals surface area contributed by atoms with Gasteiger partial charge in [-0.15, -0.1) is 12.4 Å². The van der Waals surface area contributed by atoms with Gasteiger partial charge in [0.25, 0.3) is 0 Å². The van der Waals surface area contributed by atoms with E-state index in [1.165, 1.54) is 6.92 Å². The van der Waals surface area contributed by atoms with E-state index in [9.17, 15) is 9.59 Å². The molecule has 0 saturated carbocycles. The van der Waals surface area contributed by atoms with Gasteiger partial charge in [0.2, 0.25) is 11.8 Å². The van der Waals surface area contributed by atoms with E-state index in [4.69, 9.17) is 0 Å². The number of halogens is 1. The molecule has 1 rings (SSSR count). The molecule has 0 spiro atoms. The van der Waals surface area contributed by atoms with Crippen LogP contribution in [0.2, 0.25) is 0 Å². The van der Waals surface area contributed by atoms with Gasteiger partial charge in [-0.3, -0.25) is 9.59 Å². The molecule has 0 atom stereocenters. The molecule has 100 valence electrons. The monoisotopic (exact) mass is 271 g/mol. The topological polar surface area (TPSA) is 70.2 Å². The third-order valence-corrected chi connectivity index (χ3v) is 2.17. The van der Waals surface area contributed by atoms with E-state index < -0.39 is 0 Å². The number of carbonyl (C=O) groups is 2. The summed E-state index contributed by atoms with van der Waals surface area (Å²) in [4.78, 5) is 22.4. The summed E-state index contributed by atoms with van der Waals surface area (Å²) in [7, 11) is 1.71. The summed E-state index contributed by atoms with van der Waals surface area (Å²) in [5.41, 5.74) is 2.33. The summed E-state index contributed by atoms with van der Waals surface area (Å²) in [6, 6.07) is 5.39. The van der Waals surface area contributed by atoms with Gasteiger partial charge in [-0.25, -0.2) is 0 Å². The first kappa shape index (κ1) is 16.4. The van der Waals surface area contributed by atoms with Crippen molar-refractivity contribution in [3.63, 3.8) is 0 Å². The fourth-order valence-corrected chi connectivity index (χ4v) is 1.39. The Bertz CT molecular complexity index is 435. The number of carbonyl (C=O) groups excluding carboxylic acids is 2. The fourth-order valence-electron chi connectivity index (χ4n) is 1.39. The lowest BCUT2D eigenvalue weighted by Gasteiger charge is -2.10. The first-order valence-corrected chi connectivity index (χ1v) is 5.35. The summed E-state index contributed by atoms with van der Waals surface area (Å²) >= 11 is 0. The number of rotatable bonds is 4. The highest BCUT2D eigenvalue weighted by molar-refractivity contribution is 5.94. The maximum absolute atomic E-state index is 11.4. The molecule has 2 amide bonds. The summed E-state index contributed by atoms with van der Waals surface area (Å²) in [6.45, 7) is 3.60. The number of anilines is 2. The van der Waals surface area contributed by atoms with Gasteiger partial charge in [0, 0.05) is 18.3 Å². The minimum absolute atomic E-state index is 0. The maximum atomic E-state index is 11.4. The molecule has 1 aromatic carbocycles. The van der Waals surface area contributed by atoms with Gasteiger partial charge in [0.15, 0.2) is 0 Å². The summed E-state index contributed by atoms with van der Waals surface area (Å²) in [6.07, 6.45) is 0. The SMILES string of the molecule is CNCC(=O)Nc1ccc(C)c(NC(C)=O)c1.Cl. The molecule has 1 aromatic rings. The largest absolute Gasteiger partial charge is 0.326 e. The minimum atomic E-state index is -0.133. The van der Waals surface area contributed by atoms with Crippen LogP contribution >= 0.6 is 12.4 Å². The van der Waals surface area contributed by atoms with Crippen molar-refractivity contribution in [3.05, 3.63) is 23.8 Å². The normalized spacial score (nSPS) is 9.28. The van der Waals surface area contributed by atoms with Crippen molar-refractivity contribution in [3.8, 4) is 0 Å². The van der Waals surface area contributed by atoms with Crippen molar-refractivity contribution in [2.45, 2.75) is 13.8 Å². The molecule has 0 aliphatic rings. The van der Waals surface area contributed by atoms with Crippen molar-refractivity contribution < 1.29 is 9.59 Å². The van der Waals surface area contributed by atoms with Crippen LogP contribution < -0.4 is 16.0 Å². The Morgan fingerprint density at radius 3 is 2.44 bits per heavy atom. The van der Waals surface area contributed by atoms with E-state index in [2.05, 4.69) is 16.0 Å². The molecule has 18 heavy (non-hydrogen) atoms. The minimum Gasteiger partial charge on any atom is -0.326 e. The third-order valence-electron chi connectivity index (χ3n) is 2.17. The summed E-state index contributed by atoms with van der Waals surface area (Å²) in [5, 5.41) is 8.21. The smallest absolute Gasteiger partial charge is 0.238 e. The van der Waals surface area contributed by atoms with Gasteiger partial charge in [-0.2, -0.15) is 0 Å². The van der Waals surface area contributed by atoms with Crippen LogP contribution in [0, 0.1) is 6.92 Å². The van der Waals surface area contributed by atoms with Crippen molar-refractivity contribution >= 4 is 35.6 Å². The van der Waals surface area contributed by atoms with Crippen LogP contribution in [-0.2, 0) is 9.59 Å². The number of hydrogen-bond acceptors (Lipinski definition) is 3. The van der Waals surface area contributed by atoms with Crippen molar-refractivity contribution in [2.24, 2.45) is 0 Å². The Morgan fingerprint density at radius 2 is 1.89 bits per heavy atom. The number of amides is 2. The number of benzene rings is 1. The standard InChI is InChI=1S/C12H17N3O2.ClH/c1-8-4-5-10(15-12(17)7-13-3)6-11(8)14-9(2)16;/h4-6,13H,7H2,1-3H3,(H,14,16)(H,15,17);1H. The molecule has 0 saturated heterocycles. The molecular formula is C12H18ClN3O2. The van der Waals surface area contributed by atoms with Crippen LogP contribution in [0.15, 0.2) is 18.2 Å². The molecule has 0 radical (unpaired) electrons. The number of nitrogens with one attached hydrogen (secondary N) is 3. The zero-order chi connectivity index (χ0) is 12.8. The fraction of sp³-hybridized carbons (Fsp3) is 0.333. The lowest BCUT2D eigenvalue weighted by molar-refractivity contribution is -0.115. The van der Waals surface area contributed by atoms with Gasteiger partial charge >= 0.3 is 0 Å². The van der Waals surface area contributed by atoms with Crippen LogP contribution in [0.4, 0.5) is 11.4 Å². The first-order chi connectivity index (χ1) is 8.02. The predicted octanol–water partition coefficient (Wildman–Crippen LogP) is 1.53. The summed E-state index contributed by atoms with van der Waals surface area (Å²) in [5.74, 6) is -0.253. The second kappa shape index (κ2) is 7.68. The van der Waals surface area contributed by atoms with E-state index in [1.54, 1.807) is 19.2 Å². The van der Waals surface area contributed by atoms with E-state index >= 15 is 0 Å². The predicted molar refractivity (Wildman–Crippen MR) is 75.3 cm³/mol. The Labute approximate surface area is 113 Å². The average molecular weight is 272 g/mol. The van der Waals surface area contributed by atoms with Gasteiger partial charge in [0.1, 0.15) is 0 Å². The van der Waals surface area contributed by atoms with Gasteiger partial charge in [0.05, 0.1) is 6.54 Å². The number of aryl methyl sites for hydroxylation is 1. The molecule has 0 fully saturated rings. The highest BCUT2D eigenvalue weighted by atomic mass is 35.5. The van der Waals surface area contributed by atoms with E-state index in [-0.39, 0.29) is 30.8 Å². The van der Waals surface area contributed by atoms with Crippen LogP contribution in [0.3, 0.4) is 0 Å². The first-order valence-electron chi connectivity index (χ1n) is 5.35. The second-order valence-corrected chi connectivity index (χ2v) is 3.79. The molecule has 3 N–H and O–H groups in total. The molecule has 0 aromatic heterocycles. The zero-order valence-corrected chi connectivity index (χ0v) is 11.5. The molecule has 5 nitrogen and oxygen atoms in total. The molecule has 0 aliphatic heterocycles. The maximum Gasteiger partial charge on any atom is 0.238 e. The van der Waals surface area contributed by atoms with Crippen molar-refractivity contribution in [1.82, 2.24) is 5.32 Å². The highest BCUT2D eigenvalue weighted by Crippen LogP contribution is 2.20. The molecule has 0 heterocycles. The van der Waals surface area contributed by atoms with E-state index in [1.807, 2.05) is 13.0 Å². The van der Waals surface area contributed by atoms with Crippen molar-refractivity contribution in [1.29, 1.82) is 0 Å². The molecule has 0 unspecified atom stereocenters. The molecule has 0 aliphatic carbocycles. The van der Waals surface area contributed by atoms with Crippen LogP contribution in [0.5, 0.6) is 0 Å².